The standard InChI is InChI=1S/C25H35BN4O4/c1-19(2)15-21(26-30(3,11-13-33-26)12-14-34-26)17-24(31)22(16-20-7-5-4-6-8-20)29-25(32)23-18-27-9-10-28-23/h4-10,18-19,21-22H,11-17H2,1-3H3,(H,29,32)/t21-,22+,26?,30?/m1/s1. The van der Waals surface area contributed by atoms with Gasteiger partial charge < -0.3 is 19.0 Å². The van der Waals surface area contributed by atoms with Crippen LogP contribution in [0, 0.1) is 5.92 Å². The van der Waals surface area contributed by atoms with Crippen molar-refractivity contribution in [1.82, 2.24) is 15.3 Å². The number of aromatic nitrogens is 2. The Morgan fingerprint density at radius 1 is 1.12 bits per heavy atom. The van der Waals surface area contributed by atoms with E-state index in [9.17, 15) is 9.59 Å². The second kappa shape index (κ2) is 10.3. The number of quaternary nitrogens is 1. The summed E-state index contributed by atoms with van der Waals surface area (Å²) in [7, 11) is 2.19. The third kappa shape index (κ3) is 5.06. The van der Waals surface area contributed by atoms with Crippen LogP contribution in [-0.4, -0.2) is 72.1 Å². The fourth-order valence-electron chi connectivity index (χ4n) is 5.68. The molecule has 0 radical (unpaired) electrons. The number of carbonyl (C=O) groups is 2. The minimum Gasteiger partial charge on any atom is -0.509 e. The molecule has 1 aromatic heterocycles. The van der Waals surface area contributed by atoms with Crippen molar-refractivity contribution in [2.24, 2.45) is 5.92 Å². The highest BCUT2D eigenvalue weighted by molar-refractivity contribution is 6.62. The van der Waals surface area contributed by atoms with Gasteiger partial charge in [-0.15, -0.1) is 0 Å². The van der Waals surface area contributed by atoms with Crippen molar-refractivity contribution in [3.63, 3.8) is 0 Å². The van der Waals surface area contributed by atoms with Gasteiger partial charge in [-0.25, -0.2) is 4.98 Å². The molecule has 2 fully saturated rings. The van der Waals surface area contributed by atoms with E-state index in [0.29, 0.717) is 32.0 Å². The highest BCUT2D eigenvalue weighted by Gasteiger charge is 2.60. The van der Waals surface area contributed by atoms with Crippen molar-refractivity contribution in [2.45, 2.75) is 45.0 Å². The average molecular weight is 466 g/mol. The molecule has 2 aromatic rings. The van der Waals surface area contributed by atoms with Crippen LogP contribution in [0.2, 0.25) is 5.82 Å². The number of fused-ring (bicyclic) bond motifs is 1. The number of likely N-dealkylation sites (N-methyl/N-ethyl adjacent to an activating group) is 1. The summed E-state index contributed by atoms with van der Waals surface area (Å²) in [5.74, 6) is -0.0753. The summed E-state index contributed by atoms with van der Waals surface area (Å²) in [6, 6.07) is 9.07. The number of ketones is 1. The van der Waals surface area contributed by atoms with Crippen molar-refractivity contribution >= 4 is 18.4 Å². The molecule has 3 heterocycles. The normalized spacial score (nSPS) is 25.6. The molecule has 0 unspecified atom stereocenters. The largest absolute Gasteiger partial charge is 0.509 e. The number of nitrogens with one attached hydrogen (secondary N) is 1. The Hall–Kier alpha value is -2.62. The zero-order valence-electron chi connectivity index (χ0n) is 20.4. The lowest BCUT2D eigenvalue weighted by atomic mass is 9.52. The summed E-state index contributed by atoms with van der Waals surface area (Å²) in [4.78, 5) is 34.7. The fraction of sp³-hybridized carbons (Fsp3) is 0.520. The minimum atomic E-state index is -1.63. The highest BCUT2D eigenvalue weighted by Crippen LogP contribution is 2.45. The van der Waals surface area contributed by atoms with Gasteiger partial charge in [-0.2, -0.15) is 0 Å². The van der Waals surface area contributed by atoms with Gasteiger partial charge in [0.05, 0.1) is 38.5 Å². The van der Waals surface area contributed by atoms with E-state index in [1.54, 1.807) is 0 Å². The van der Waals surface area contributed by atoms with Gasteiger partial charge in [0.2, 0.25) is 0 Å². The number of rotatable bonds is 10. The second-order valence-corrected chi connectivity index (χ2v) is 10.3. The van der Waals surface area contributed by atoms with E-state index in [4.69, 9.17) is 9.31 Å². The zero-order valence-corrected chi connectivity index (χ0v) is 20.4. The molecule has 1 aromatic carbocycles. The highest BCUT2D eigenvalue weighted by atomic mass is 16.6. The molecular weight excluding hydrogens is 431 g/mol. The number of nitrogens with zero attached hydrogens (tertiary/aromatic N) is 3. The molecule has 2 aliphatic heterocycles. The van der Waals surface area contributed by atoms with Crippen LogP contribution in [0.15, 0.2) is 48.9 Å². The van der Waals surface area contributed by atoms with Crippen LogP contribution >= 0.6 is 0 Å². The molecular formula is C25H35BN4O4. The molecule has 4 rings (SSSR count). The monoisotopic (exact) mass is 466 g/mol. The smallest absolute Gasteiger partial charge is 0.476 e. The number of Topliss-reactive ketones (excluding diaryl/α,β-unsaturated/α-hetero) is 1. The third-order valence-electron chi connectivity index (χ3n) is 7.39. The van der Waals surface area contributed by atoms with E-state index in [1.165, 1.54) is 18.6 Å². The third-order valence-corrected chi connectivity index (χ3v) is 7.39. The van der Waals surface area contributed by atoms with Gasteiger partial charge in [0.25, 0.3) is 5.91 Å². The van der Waals surface area contributed by atoms with Crippen LogP contribution in [0.25, 0.3) is 0 Å². The van der Waals surface area contributed by atoms with Crippen molar-refractivity contribution in [3.05, 3.63) is 60.2 Å². The first-order valence-corrected chi connectivity index (χ1v) is 12.2. The molecule has 2 saturated heterocycles. The number of hydrogen-bond acceptors (Lipinski definition) is 6. The van der Waals surface area contributed by atoms with Crippen molar-refractivity contribution in [2.75, 3.05) is 33.4 Å². The summed E-state index contributed by atoms with van der Waals surface area (Å²) < 4.78 is 13.4. The Bertz CT molecular complexity index is 979. The molecule has 0 aliphatic carbocycles. The maximum atomic E-state index is 13.8. The van der Waals surface area contributed by atoms with E-state index < -0.39 is 18.6 Å². The van der Waals surface area contributed by atoms with Crippen LogP contribution in [-0.2, 0) is 20.5 Å². The van der Waals surface area contributed by atoms with Crippen LogP contribution < -0.4 is 5.32 Å². The Balaban J connectivity index is 1.58. The predicted molar refractivity (Wildman–Crippen MR) is 130 cm³/mol. The lowest BCUT2D eigenvalue weighted by Gasteiger charge is -2.48. The summed E-state index contributed by atoms with van der Waals surface area (Å²) in [6.07, 6.45) is 5.93. The van der Waals surface area contributed by atoms with Crippen LogP contribution in [0.1, 0.15) is 42.7 Å². The Labute approximate surface area is 201 Å². The van der Waals surface area contributed by atoms with Crippen LogP contribution in [0.3, 0.4) is 0 Å². The first-order valence-electron chi connectivity index (χ1n) is 12.2. The lowest BCUT2D eigenvalue weighted by Crippen LogP contribution is -2.63. The Morgan fingerprint density at radius 3 is 2.44 bits per heavy atom. The van der Waals surface area contributed by atoms with E-state index in [1.807, 2.05) is 30.3 Å². The Kier molecular flexibility index (Phi) is 7.45. The summed E-state index contributed by atoms with van der Waals surface area (Å²) in [5.41, 5.74) is 1.18. The number of carbonyl (C=O) groups excluding carboxylic acids is 2. The molecule has 8 nitrogen and oxygen atoms in total. The van der Waals surface area contributed by atoms with Gasteiger partial charge in [-0.05, 0) is 30.1 Å². The quantitative estimate of drug-likeness (QED) is 0.542. The molecule has 182 valence electrons. The molecule has 2 aliphatic rings. The predicted octanol–water partition coefficient (Wildman–Crippen LogP) is 2.64. The number of benzene rings is 1. The molecule has 2 atom stereocenters. The fourth-order valence-corrected chi connectivity index (χ4v) is 5.68. The van der Waals surface area contributed by atoms with Crippen LogP contribution in [0.5, 0.6) is 0 Å². The van der Waals surface area contributed by atoms with E-state index >= 15 is 0 Å². The van der Waals surface area contributed by atoms with E-state index in [2.05, 4.69) is 36.2 Å². The Morgan fingerprint density at radius 2 is 1.82 bits per heavy atom. The van der Waals surface area contributed by atoms with E-state index in [0.717, 1.165) is 29.5 Å². The number of amides is 1. The minimum absolute atomic E-state index is 0.0134. The lowest BCUT2D eigenvalue weighted by molar-refractivity contribution is -0.801. The van der Waals surface area contributed by atoms with Gasteiger partial charge in [0.1, 0.15) is 5.69 Å². The number of hydrogen-bond donors (Lipinski definition) is 1. The van der Waals surface area contributed by atoms with Gasteiger partial charge in [-0.3, -0.25) is 14.6 Å². The van der Waals surface area contributed by atoms with Crippen molar-refractivity contribution < 1.29 is 23.3 Å². The zero-order chi connectivity index (χ0) is 24.2. The van der Waals surface area contributed by atoms with Crippen molar-refractivity contribution in [3.8, 4) is 0 Å². The van der Waals surface area contributed by atoms with Gasteiger partial charge in [0, 0.05) is 19.4 Å². The maximum absolute atomic E-state index is 13.8. The molecule has 34 heavy (non-hydrogen) atoms. The van der Waals surface area contributed by atoms with Gasteiger partial charge in [0.15, 0.2) is 5.78 Å². The topological polar surface area (TPSA) is 90.4 Å². The van der Waals surface area contributed by atoms with Crippen molar-refractivity contribution in [1.29, 1.82) is 0 Å². The van der Waals surface area contributed by atoms with Gasteiger partial charge in [-0.1, -0.05) is 50.6 Å². The first-order chi connectivity index (χ1) is 16.3. The summed E-state index contributed by atoms with van der Waals surface area (Å²) in [5, 5.41) is 2.93. The molecule has 0 saturated carbocycles. The van der Waals surface area contributed by atoms with Crippen LogP contribution in [0.4, 0.5) is 0 Å². The molecule has 9 heteroatoms. The SMILES string of the molecule is CC(C)C[C@H](CC(=O)[C@H](Cc1ccccc1)NC(=O)c1cnccn1)[B-]12OCC[N+]1(C)CCO2. The molecule has 0 spiro atoms. The first kappa shape index (κ1) is 24.5. The second-order valence-electron chi connectivity index (χ2n) is 10.3. The molecule has 0 bridgehead atoms. The van der Waals surface area contributed by atoms with Gasteiger partial charge >= 0.3 is 6.69 Å². The maximum Gasteiger partial charge on any atom is 0.476 e. The summed E-state index contributed by atoms with van der Waals surface area (Å²) in [6.45, 7) is 5.80. The summed E-state index contributed by atoms with van der Waals surface area (Å²) >= 11 is 0. The molecule has 1 N–H and O–H groups in total. The average Bonchev–Trinajstić information content (AvgIpc) is 3.32. The molecule has 1 amide bonds. The van der Waals surface area contributed by atoms with E-state index in [-0.39, 0.29) is 17.3 Å².